The Labute approximate surface area is 155 Å². The van der Waals surface area contributed by atoms with Gasteiger partial charge in [-0.25, -0.2) is 4.68 Å². The van der Waals surface area contributed by atoms with Crippen LogP contribution >= 0.6 is 0 Å². The summed E-state index contributed by atoms with van der Waals surface area (Å²) in [4.78, 5) is 12.1. The second kappa shape index (κ2) is 9.48. The average molecular weight is 359 g/mol. The molecule has 26 heavy (non-hydrogen) atoms. The number of rotatable bonds is 10. The third-order valence-corrected chi connectivity index (χ3v) is 4.35. The van der Waals surface area contributed by atoms with E-state index in [2.05, 4.69) is 23.3 Å². The van der Waals surface area contributed by atoms with Gasteiger partial charge in [-0.15, -0.1) is 5.10 Å². The van der Waals surface area contributed by atoms with Gasteiger partial charge < -0.3 is 9.47 Å². The Morgan fingerprint density at radius 3 is 2.73 bits per heavy atom. The molecule has 0 N–H and O–H groups in total. The minimum absolute atomic E-state index is 0.181. The van der Waals surface area contributed by atoms with E-state index in [0.29, 0.717) is 13.2 Å². The van der Waals surface area contributed by atoms with Gasteiger partial charge in [-0.2, -0.15) is 0 Å². The van der Waals surface area contributed by atoms with Crippen LogP contribution in [0.4, 0.5) is 0 Å². The molecule has 0 amide bonds. The summed E-state index contributed by atoms with van der Waals surface area (Å²) in [6.45, 7) is 8.71. The van der Waals surface area contributed by atoms with Gasteiger partial charge in [0, 0.05) is 12.5 Å². The maximum atomic E-state index is 12.1. The number of hydrogen-bond acceptors (Lipinski definition) is 5. The minimum atomic E-state index is -0.896. The topological polar surface area (TPSA) is 66.2 Å². The first-order valence-electron chi connectivity index (χ1n) is 9.37. The lowest BCUT2D eigenvalue weighted by Gasteiger charge is -2.36. The molecule has 142 valence electrons. The third kappa shape index (κ3) is 4.30. The lowest BCUT2D eigenvalue weighted by Crippen LogP contribution is -2.43. The van der Waals surface area contributed by atoms with Gasteiger partial charge in [0.05, 0.1) is 18.5 Å². The Hall–Kier alpha value is -2.21. The van der Waals surface area contributed by atoms with Gasteiger partial charge in [0.25, 0.3) is 0 Å². The molecule has 0 radical (unpaired) electrons. The zero-order chi connectivity index (χ0) is 19.0. The van der Waals surface area contributed by atoms with Crippen LogP contribution in [-0.4, -0.2) is 34.2 Å². The van der Waals surface area contributed by atoms with Crippen molar-refractivity contribution in [3.05, 3.63) is 36.4 Å². The van der Waals surface area contributed by atoms with Gasteiger partial charge in [0.2, 0.25) is 0 Å². The van der Waals surface area contributed by atoms with Gasteiger partial charge in [-0.1, -0.05) is 43.7 Å². The number of allylic oxidation sites excluding steroid dienone is 1. The van der Waals surface area contributed by atoms with Crippen LogP contribution in [-0.2, 0) is 20.0 Å². The molecule has 0 aliphatic carbocycles. The number of hydrogen-bond donors (Lipinski definition) is 0. The lowest BCUT2D eigenvalue weighted by molar-refractivity contribution is -0.152. The SMILES string of the molecule is CCC/C=C/C(OCC)(C(C)CC(=O)OCC)n1nnc2ccccc21. The number of para-hydroxylation sites is 1. The zero-order valence-corrected chi connectivity index (χ0v) is 16.1. The molecule has 0 saturated heterocycles. The molecular formula is C20H29N3O3. The molecule has 2 atom stereocenters. The predicted octanol–water partition coefficient (Wildman–Crippen LogP) is 4.07. The van der Waals surface area contributed by atoms with Crippen LogP contribution in [0, 0.1) is 5.92 Å². The molecule has 0 saturated carbocycles. The van der Waals surface area contributed by atoms with Crippen LogP contribution in [0.1, 0.15) is 47.0 Å². The Morgan fingerprint density at radius 2 is 2.04 bits per heavy atom. The van der Waals surface area contributed by atoms with Crippen molar-refractivity contribution in [1.82, 2.24) is 15.0 Å². The highest BCUT2D eigenvalue weighted by molar-refractivity contribution is 5.74. The number of carbonyl (C=O) groups is 1. The summed E-state index contributed by atoms with van der Waals surface area (Å²) in [6, 6.07) is 7.76. The molecule has 2 aromatic rings. The van der Waals surface area contributed by atoms with Gasteiger partial charge in [0.1, 0.15) is 5.52 Å². The number of fused-ring (bicyclic) bond motifs is 1. The van der Waals surface area contributed by atoms with E-state index in [0.717, 1.165) is 23.9 Å². The van der Waals surface area contributed by atoms with Gasteiger partial charge in [-0.3, -0.25) is 4.79 Å². The number of carbonyl (C=O) groups excluding carboxylic acids is 1. The molecule has 0 bridgehead atoms. The highest BCUT2D eigenvalue weighted by atomic mass is 16.5. The summed E-state index contributed by atoms with van der Waals surface area (Å²) < 4.78 is 13.2. The van der Waals surface area contributed by atoms with Crippen molar-refractivity contribution in [2.24, 2.45) is 5.92 Å². The first-order valence-corrected chi connectivity index (χ1v) is 9.37. The maximum Gasteiger partial charge on any atom is 0.306 e. The number of nitrogens with zero attached hydrogens (tertiary/aromatic N) is 3. The van der Waals surface area contributed by atoms with Crippen molar-refractivity contribution in [3.63, 3.8) is 0 Å². The predicted molar refractivity (Wildman–Crippen MR) is 102 cm³/mol. The number of benzene rings is 1. The molecule has 0 spiro atoms. The van der Waals surface area contributed by atoms with Crippen molar-refractivity contribution < 1.29 is 14.3 Å². The van der Waals surface area contributed by atoms with Crippen molar-refractivity contribution in [2.75, 3.05) is 13.2 Å². The summed E-state index contributed by atoms with van der Waals surface area (Å²) in [5, 5.41) is 8.65. The van der Waals surface area contributed by atoms with E-state index in [9.17, 15) is 4.79 Å². The molecule has 1 aromatic heterocycles. The van der Waals surface area contributed by atoms with E-state index < -0.39 is 5.72 Å². The van der Waals surface area contributed by atoms with Crippen molar-refractivity contribution in [3.8, 4) is 0 Å². The van der Waals surface area contributed by atoms with Crippen LogP contribution in [0.25, 0.3) is 11.0 Å². The van der Waals surface area contributed by atoms with E-state index in [-0.39, 0.29) is 18.3 Å². The van der Waals surface area contributed by atoms with Crippen molar-refractivity contribution in [1.29, 1.82) is 0 Å². The Morgan fingerprint density at radius 1 is 1.27 bits per heavy atom. The quantitative estimate of drug-likeness (QED) is 0.473. The fourth-order valence-corrected chi connectivity index (χ4v) is 3.09. The van der Waals surface area contributed by atoms with Crippen molar-refractivity contribution in [2.45, 2.75) is 52.7 Å². The van der Waals surface area contributed by atoms with E-state index in [4.69, 9.17) is 9.47 Å². The first kappa shape index (κ1) is 20.1. The van der Waals surface area contributed by atoms with E-state index in [1.165, 1.54) is 0 Å². The van der Waals surface area contributed by atoms with Crippen LogP contribution in [0.15, 0.2) is 36.4 Å². The number of ether oxygens (including phenoxy) is 2. The molecule has 2 unspecified atom stereocenters. The van der Waals surface area contributed by atoms with Gasteiger partial charge >= 0.3 is 5.97 Å². The van der Waals surface area contributed by atoms with Crippen LogP contribution in [0.5, 0.6) is 0 Å². The Kier molecular flexibility index (Phi) is 7.33. The van der Waals surface area contributed by atoms with Crippen LogP contribution in [0.2, 0.25) is 0 Å². The fraction of sp³-hybridized carbons (Fsp3) is 0.550. The zero-order valence-electron chi connectivity index (χ0n) is 16.1. The number of unbranched alkanes of at least 4 members (excludes halogenated alkanes) is 1. The molecule has 0 aliphatic heterocycles. The maximum absolute atomic E-state index is 12.1. The standard InChI is InChI=1S/C20H29N3O3/c1-5-8-11-14-20(26-7-3,16(4)15-19(24)25-6-2)23-18-13-10-9-12-17(18)21-22-23/h9-14,16H,5-8,15H2,1-4H3/b14-11+. The number of esters is 1. The normalized spacial score (nSPS) is 15.2. The first-order chi connectivity index (χ1) is 12.6. The highest BCUT2D eigenvalue weighted by Crippen LogP contribution is 2.34. The molecule has 0 fully saturated rings. The van der Waals surface area contributed by atoms with Gasteiger partial charge in [-0.05, 0) is 38.5 Å². The Bertz CT molecular complexity index is 741. The monoisotopic (exact) mass is 359 g/mol. The summed E-state index contributed by atoms with van der Waals surface area (Å²) in [7, 11) is 0. The molecule has 1 aromatic carbocycles. The second-order valence-corrected chi connectivity index (χ2v) is 6.28. The van der Waals surface area contributed by atoms with E-state index >= 15 is 0 Å². The highest BCUT2D eigenvalue weighted by Gasteiger charge is 2.40. The van der Waals surface area contributed by atoms with E-state index in [1.807, 2.05) is 51.1 Å². The fourth-order valence-electron chi connectivity index (χ4n) is 3.09. The van der Waals surface area contributed by atoms with E-state index in [1.54, 1.807) is 4.68 Å². The Balaban J connectivity index is 2.53. The largest absolute Gasteiger partial charge is 0.466 e. The van der Waals surface area contributed by atoms with Crippen LogP contribution < -0.4 is 0 Å². The summed E-state index contributed by atoms with van der Waals surface area (Å²) in [5.74, 6) is -0.419. The average Bonchev–Trinajstić information content (AvgIpc) is 3.05. The summed E-state index contributed by atoms with van der Waals surface area (Å²) >= 11 is 0. The molecule has 0 aliphatic rings. The molecular weight excluding hydrogens is 330 g/mol. The van der Waals surface area contributed by atoms with Gasteiger partial charge in [0.15, 0.2) is 5.72 Å². The minimum Gasteiger partial charge on any atom is -0.466 e. The summed E-state index contributed by atoms with van der Waals surface area (Å²) in [5.41, 5.74) is 0.772. The second-order valence-electron chi connectivity index (χ2n) is 6.28. The van der Waals surface area contributed by atoms with Crippen molar-refractivity contribution >= 4 is 17.0 Å². The third-order valence-electron chi connectivity index (χ3n) is 4.35. The molecule has 6 nitrogen and oxygen atoms in total. The molecule has 1 heterocycles. The molecule has 6 heteroatoms. The summed E-state index contributed by atoms with van der Waals surface area (Å²) in [6.07, 6.45) is 6.30. The number of aromatic nitrogens is 3. The lowest BCUT2D eigenvalue weighted by atomic mass is 9.92. The molecule has 2 rings (SSSR count). The van der Waals surface area contributed by atoms with Crippen LogP contribution in [0.3, 0.4) is 0 Å². The smallest absolute Gasteiger partial charge is 0.306 e.